The molecule has 0 radical (unpaired) electrons. The van der Waals surface area contributed by atoms with Crippen LogP contribution in [-0.4, -0.2) is 15.9 Å². The van der Waals surface area contributed by atoms with Gasteiger partial charge < -0.3 is 0 Å². The van der Waals surface area contributed by atoms with Gasteiger partial charge in [-0.2, -0.15) is 0 Å². The van der Waals surface area contributed by atoms with Crippen LogP contribution in [0.4, 0.5) is 4.39 Å². The van der Waals surface area contributed by atoms with E-state index >= 15 is 0 Å². The Morgan fingerprint density at radius 2 is 1.88 bits per heavy atom. The number of Topliss-reactive ketones (excluding diaryl/α,β-unsaturated/α-hetero) is 1. The van der Waals surface area contributed by atoms with Crippen LogP contribution in [0.2, 0.25) is 0 Å². The van der Waals surface area contributed by atoms with Crippen molar-refractivity contribution in [1.82, 2.24) is 0 Å². The summed E-state index contributed by atoms with van der Waals surface area (Å²) in [5, 5.41) is 0. The number of aryl methyl sites for hydroxylation is 2. The van der Waals surface area contributed by atoms with Crippen molar-refractivity contribution in [3.8, 4) is 0 Å². The summed E-state index contributed by atoms with van der Waals surface area (Å²) >= 11 is 2.00. The zero-order chi connectivity index (χ0) is 17.7. The molecule has 132 valence electrons. The summed E-state index contributed by atoms with van der Waals surface area (Å²) in [6.45, 7) is 6.36. The number of unbranched alkanes of at least 4 members (excludes halogenated alkanes) is 1. The molecule has 1 aromatic carbocycles. The van der Waals surface area contributed by atoms with Crippen molar-refractivity contribution < 1.29 is 9.18 Å². The Morgan fingerprint density at radius 1 is 1.21 bits per heavy atom. The number of allylic oxidation sites excluding steroid dienone is 2. The molecule has 0 aromatic heterocycles. The van der Waals surface area contributed by atoms with Crippen molar-refractivity contribution in [3.05, 3.63) is 47.0 Å². The van der Waals surface area contributed by atoms with Gasteiger partial charge in [0, 0.05) is 11.8 Å². The third-order valence-corrected chi connectivity index (χ3v) is 6.53. The summed E-state index contributed by atoms with van der Waals surface area (Å²) < 4.78 is 14.2. The fourth-order valence-corrected chi connectivity index (χ4v) is 4.74. The van der Waals surface area contributed by atoms with Crippen LogP contribution < -0.4 is 0 Å². The van der Waals surface area contributed by atoms with Gasteiger partial charge in [-0.3, -0.25) is 4.79 Å². The van der Waals surface area contributed by atoms with E-state index in [0.717, 1.165) is 25.7 Å². The van der Waals surface area contributed by atoms with Gasteiger partial charge in [0.15, 0.2) is 5.78 Å². The van der Waals surface area contributed by atoms with E-state index < -0.39 is 10.1 Å². The van der Waals surface area contributed by atoms with E-state index in [1.165, 1.54) is 16.7 Å². The van der Waals surface area contributed by atoms with E-state index in [2.05, 4.69) is 51.1 Å². The molecule has 1 fully saturated rings. The molecule has 1 nitrogen and oxygen atoms in total. The lowest BCUT2D eigenvalue weighted by Gasteiger charge is -2.20. The molecule has 3 heteroatoms. The third-order valence-electron chi connectivity index (χ3n) is 5.23. The first kappa shape index (κ1) is 19.6. The quantitative estimate of drug-likeness (QED) is 0.290. The molecule has 4 atom stereocenters. The minimum absolute atomic E-state index is 0.107. The van der Waals surface area contributed by atoms with Crippen LogP contribution in [0.5, 0.6) is 0 Å². The molecule has 0 spiro atoms. The van der Waals surface area contributed by atoms with Gasteiger partial charge >= 0.3 is 0 Å². The highest BCUT2D eigenvalue weighted by Gasteiger charge is 2.48. The number of alkyl halides is 2. The average molecular weight is 442 g/mol. The number of hydrogen-bond acceptors (Lipinski definition) is 1. The van der Waals surface area contributed by atoms with E-state index in [1.54, 1.807) is 0 Å². The molecular weight excluding hydrogens is 414 g/mol. The molecule has 24 heavy (non-hydrogen) atoms. The Hall–Kier alpha value is -0.710. The van der Waals surface area contributed by atoms with Crippen LogP contribution in [0.25, 0.3) is 0 Å². The summed E-state index contributed by atoms with van der Waals surface area (Å²) in [4.78, 5) is 12.5. The Bertz CT molecular complexity index is 575. The Balaban J connectivity index is 2.08. The summed E-state index contributed by atoms with van der Waals surface area (Å²) in [5.41, 5.74) is 3.84. The molecule has 0 N–H and O–H groups in total. The molecule has 2 unspecified atom stereocenters. The number of hydrogen-bond donors (Lipinski definition) is 0. The first-order valence-corrected chi connectivity index (χ1v) is 10.2. The molecular formula is C21H28FIO. The van der Waals surface area contributed by atoms with E-state index in [-0.39, 0.29) is 17.6 Å². The fourth-order valence-electron chi connectivity index (χ4n) is 3.74. The smallest absolute Gasteiger partial charge is 0.152 e. The van der Waals surface area contributed by atoms with E-state index in [0.29, 0.717) is 6.42 Å². The Labute approximate surface area is 159 Å². The first-order valence-electron chi connectivity index (χ1n) is 8.99. The van der Waals surface area contributed by atoms with Crippen LogP contribution >= 0.6 is 22.6 Å². The molecule has 1 aliphatic rings. The molecule has 1 aliphatic carbocycles. The monoisotopic (exact) mass is 442 g/mol. The molecule has 1 aromatic rings. The van der Waals surface area contributed by atoms with E-state index in [1.807, 2.05) is 22.6 Å². The molecule has 0 heterocycles. The topological polar surface area (TPSA) is 17.1 Å². The summed E-state index contributed by atoms with van der Waals surface area (Å²) in [6, 6.07) is 6.29. The molecule has 0 amide bonds. The van der Waals surface area contributed by atoms with Crippen molar-refractivity contribution in [2.75, 3.05) is 0 Å². The summed E-state index contributed by atoms with van der Waals surface area (Å²) in [6.07, 6.45) is 7.64. The van der Waals surface area contributed by atoms with Crippen LogP contribution in [0.1, 0.15) is 49.3 Å². The molecule has 2 rings (SSSR count). The minimum Gasteiger partial charge on any atom is -0.298 e. The zero-order valence-electron chi connectivity index (χ0n) is 14.9. The van der Waals surface area contributed by atoms with Crippen molar-refractivity contribution in [2.45, 2.75) is 63.0 Å². The summed E-state index contributed by atoms with van der Waals surface area (Å²) in [5.74, 6) is -0.195. The van der Waals surface area contributed by atoms with Crippen molar-refractivity contribution >= 4 is 28.4 Å². The van der Waals surface area contributed by atoms with Crippen LogP contribution in [0, 0.1) is 25.7 Å². The standard InChI is InChI=1S/C21H28FIO/c1-4-5-6-7-11-18-17(19(22)20(23)21(18)24)13-12-16-14(2)9-8-10-15(16)3/h6-10,17-20H,4-5,11-13H2,1-3H3/b7-6-/t17-,18-,19?,20?/m1/s1. The van der Waals surface area contributed by atoms with Crippen LogP contribution in [0.3, 0.4) is 0 Å². The van der Waals surface area contributed by atoms with Gasteiger partial charge in [-0.15, -0.1) is 0 Å². The average Bonchev–Trinajstić information content (AvgIpc) is 2.75. The highest BCUT2D eigenvalue weighted by atomic mass is 127. The maximum Gasteiger partial charge on any atom is 0.152 e. The SMILES string of the molecule is CCC/C=C\C[C@H]1C(=O)C(I)C(F)[C@@H]1CCc1c(C)cccc1C. The number of benzene rings is 1. The Morgan fingerprint density at radius 3 is 2.50 bits per heavy atom. The second kappa shape index (κ2) is 9.12. The second-order valence-corrected chi connectivity index (χ2v) is 8.27. The van der Waals surface area contributed by atoms with Gasteiger partial charge in [-0.25, -0.2) is 4.39 Å². The maximum absolute atomic E-state index is 14.7. The maximum atomic E-state index is 14.7. The normalized spacial score (nSPS) is 27.3. The number of carbonyl (C=O) groups is 1. The third kappa shape index (κ3) is 4.47. The largest absolute Gasteiger partial charge is 0.298 e. The minimum atomic E-state index is -1.01. The molecule has 1 saturated carbocycles. The van der Waals surface area contributed by atoms with Gasteiger partial charge in [-0.1, -0.05) is 66.3 Å². The number of carbonyl (C=O) groups excluding carboxylic acids is 1. The second-order valence-electron chi connectivity index (χ2n) is 6.92. The lowest BCUT2D eigenvalue weighted by Crippen LogP contribution is -2.20. The van der Waals surface area contributed by atoms with Gasteiger partial charge in [0.25, 0.3) is 0 Å². The predicted octanol–water partition coefficient (Wildman–Crippen LogP) is 5.94. The molecule has 0 saturated heterocycles. The van der Waals surface area contributed by atoms with Gasteiger partial charge in [0.05, 0.1) is 0 Å². The molecule has 0 bridgehead atoms. The highest BCUT2D eigenvalue weighted by Crippen LogP contribution is 2.41. The van der Waals surface area contributed by atoms with Gasteiger partial charge in [0.1, 0.15) is 10.1 Å². The van der Waals surface area contributed by atoms with E-state index in [9.17, 15) is 9.18 Å². The number of ketones is 1. The Kier molecular flexibility index (Phi) is 7.45. The lowest BCUT2D eigenvalue weighted by molar-refractivity contribution is -0.120. The van der Waals surface area contributed by atoms with Gasteiger partial charge in [-0.05, 0) is 56.2 Å². The highest BCUT2D eigenvalue weighted by molar-refractivity contribution is 14.1. The fraction of sp³-hybridized carbons (Fsp3) is 0.571. The van der Waals surface area contributed by atoms with E-state index in [4.69, 9.17) is 0 Å². The van der Waals surface area contributed by atoms with Crippen LogP contribution in [0.15, 0.2) is 30.4 Å². The summed E-state index contributed by atoms with van der Waals surface area (Å²) in [7, 11) is 0. The van der Waals surface area contributed by atoms with Crippen LogP contribution in [-0.2, 0) is 11.2 Å². The first-order chi connectivity index (χ1) is 11.5. The zero-order valence-corrected chi connectivity index (χ0v) is 17.1. The van der Waals surface area contributed by atoms with Crippen molar-refractivity contribution in [3.63, 3.8) is 0 Å². The van der Waals surface area contributed by atoms with Crippen molar-refractivity contribution in [2.24, 2.45) is 11.8 Å². The molecule has 0 aliphatic heterocycles. The lowest BCUT2D eigenvalue weighted by atomic mass is 9.85. The van der Waals surface area contributed by atoms with Crippen molar-refractivity contribution in [1.29, 1.82) is 0 Å². The predicted molar refractivity (Wildman–Crippen MR) is 108 cm³/mol. The number of halogens is 2. The van der Waals surface area contributed by atoms with Gasteiger partial charge in [0.2, 0.25) is 0 Å². The number of rotatable bonds is 7.